The highest BCUT2D eigenvalue weighted by Crippen LogP contribution is 2.39. The zero-order valence-corrected chi connectivity index (χ0v) is 12.1. The summed E-state index contributed by atoms with van der Waals surface area (Å²) in [5.41, 5.74) is 0. The average molecular weight is 278 g/mol. The van der Waals surface area contributed by atoms with E-state index in [-0.39, 0.29) is 12.1 Å². The number of carbonyl (C=O) groups is 1. The summed E-state index contributed by atoms with van der Waals surface area (Å²) < 4.78 is 0. The van der Waals surface area contributed by atoms with Gasteiger partial charge in [-0.15, -0.1) is 0 Å². The summed E-state index contributed by atoms with van der Waals surface area (Å²) in [5.74, 6) is 1.06. The van der Waals surface area contributed by atoms with Gasteiger partial charge >= 0.3 is 0 Å². The molecule has 4 nitrogen and oxygen atoms in total. The lowest BCUT2D eigenvalue weighted by atomic mass is 9.85. The molecule has 0 aromatic carbocycles. The number of carbonyl (C=O) groups excluding carboxylic acids is 1. The topological polar surface area (TPSA) is 52.6 Å². The Kier molecular flexibility index (Phi) is 3.26. The summed E-state index contributed by atoms with van der Waals surface area (Å²) in [7, 11) is 0. The molecule has 20 heavy (non-hydrogen) atoms. The Morgan fingerprint density at radius 1 is 1.00 bits per heavy atom. The predicted octanol–water partition coefficient (Wildman–Crippen LogP) is 1.42. The fraction of sp³-hybridized carbons (Fsp3) is 0.938. The van der Waals surface area contributed by atoms with Crippen molar-refractivity contribution in [2.45, 2.75) is 88.1 Å². The second kappa shape index (κ2) is 4.99. The molecule has 2 bridgehead atoms. The number of amides is 1. The van der Waals surface area contributed by atoms with Gasteiger partial charge in [0.05, 0.1) is 12.1 Å². The van der Waals surface area contributed by atoms with E-state index in [9.17, 15) is 9.90 Å². The molecule has 0 radical (unpaired) electrons. The summed E-state index contributed by atoms with van der Waals surface area (Å²) in [6, 6.07) is 1.26. The molecule has 1 aliphatic carbocycles. The van der Waals surface area contributed by atoms with Crippen molar-refractivity contribution in [2.75, 3.05) is 0 Å². The number of hydrogen-bond acceptors (Lipinski definition) is 3. The Hall–Kier alpha value is -0.610. The van der Waals surface area contributed by atoms with E-state index < -0.39 is 0 Å². The van der Waals surface area contributed by atoms with Crippen molar-refractivity contribution in [2.24, 2.45) is 5.92 Å². The largest absolute Gasteiger partial charge is 0.393 e. The van der Waals surface area contributed by atoms with E-state index in [1.165, 1.54) is 25.7 Å². The van der Waals surface area contributed by atoms with Gasteiger partial charge in [0.15, 0.2) is 0 Å². The van der Waals surface area contributed by atoms with Crippen LogP contribution in [0.2, 0.25) is 0 Å². The number of fused-ring (bicyclic) bond motifs is 3. The molecule has 4 rings (SSSR count). The summed E-state index contributed by atoms with van der Waals surface area (Å²) in [6.45, 7) is 0. The Balaban J connectivity index is 1.46. The van der Waals surface area contributed by atoms with E-state index in [0.717, 1.165) is 38.0 Å². The van der Waals surface area contributed by atoms with E-state index in [1.54, 1.807) is 0 Å². The van der Waals surface area contributed by atoms with Crippen molar-refractivity contribution in [1.82, 2.24) is 10.2 Å². The number of nitrogens with one attached hydrogen (secondary N) is 1. The van der Waals surface area contributed by atoms with Crippen molar-refractivity contribution < 1.29 is 9.90 Å². The summed E-state index contributed by atoms with van der Waals surface area (Å²) in [6.07, 6.45) is 9.83. The molecule has 1 saturated carbocycles. The molecule has 3 heterocycles. The van der Waals surface area contributed by atoms with Gasteiger partial charge < -0.3 is 15.3 Å². The number of aliphatic hydroxyl groups is 1. The third-order valence-electron chi connectivity index (χ3n) is 6.12. The average Bonchev–Trinajstić information content (AvgIpc) is 2.98. The number of nitrogens with zero attached hydrogens (tertiary/aromatic N) is 1. The second-order valence-corrected chi connectivity index (χ2v) is 7.36. The summed E-state index contributed by atoms with van der Waals surface area (Å²) in [5, 5.41) is 13.5. The quantitative estimate of drug-likeness (QED) is 0.763. The Morgan fingerprint density at radius 3 is 2.40 bits per heavy atom. The van der Waals surface area contributed by atoms with E-state index in [4.69, 9.17) is 0 Å². The molecular formula is C16H26N2O2. The minimum absolute atomic E-state index is 0.0569. The maximum atomic E-state index is 12.9. The van der Waals surface area contributed by atoms with Crippen LogP contribution in [0.5, 0.6) is 0 Å². The minimum Gasteiger partial charge on any atom is -0.393 e. The van der Waals surface area contributed by atoms with Crippen molar-refractivity contribution in [1.29, 1.82) is 0 Å². The molecule has 4 aliphatic rings. The molecule has 4 fully saturated rings. The van der Waals surface area contributed by atoms with Gasteiger partial charge in [0.1, 0.15) is 0 Å². The predicted molar refractivity (Wildman–Crippen MR) is 76.2 cm³/mol. The lowest BCUT2D eigenvalue weighted by Gasteiger charge is -2.38. The van der Waals surface area contributed by atoms with Crippen LogP contribution >= 0.6 is 0 Å². The van der Waals surface area contributed by atoms with Gasteiger partial charge in [-0.25, -0.2) is 0 Å². The van der Waals surface area contributed by atoms with Crippen LogP contribution in [0.4, 0.5) is 0 Å². The van der Waals surface area contributed by atoms with Crippen LogP contribution in [-0.2, 0) is 4.79 Å². The standard InChI is InChI=1S/C16H26N2O2/c19-13-8-11-5-6-12(9-13)18(11)16(20)15-7-10-3-1-2-4-14(10)17-15/h10-15,17,19H,1-9H2. The lowest BCUT2D eigenvalue weighted by molar-refractivity contribution is -0.139. The van der Waals surface area contributed by atoms with Gasteiger partial charge in [-0.2, -0.15) is 0 Å². The smallest absolute Gasteiger partial charge is 0.240 e. The molecule has 5 atom stereocenters. The second-order valence-electron chi connectivity index (χ2n) is 7.36. The maximum absolute atomic E-state index is 12.9. The lowest BCUT2D eigenvalue weighted by Crippen LogP contribution is -2.53. The molecule has 0 spiro atoms. The molecular weight excluding hydrogens is 252 g/mol. The number of rotatable bonds is 1. The molecule has 0 aromatic rings. The highest BCUT2D eigenvalue weighted by atomic mass is 16.3. The number of piperidine rings is 1. The highest BCUT2D eigenvalue weighted by Gasteiger charge is 2.47. The van der Waals surface area contributed by atoms with Crippen LogP contribution in [0.25, 0.3) is 0 Å². The molecule has 1 amide bonds. The zero-order valence-electron chi connectivity index (χ0n) is 12.1. The summed E-state index contributed by atoms with van der Waals surface area (Å²) >= 11 is 0. The van der Waals surface area contributed by atoms with Gasteiger partial charge in [0, 0.05) is 18.1 Å². The first-order chi connectivity index (χ1) is 9.72. The highest BCUT2D eigenvalue weighted by molar-refractivity contribution is 5.83. The molecule has 3 saturated heterocycles. The fourth-order valence-corrected chi connectivity index (χ4v) is 5.20. The van der Waals surface area contributed by atoms with E-state index in [1.807, 2.05) is 0 Å². The molecule has 2 N–H and O–H groups in total. The maximum Gasteiger partial charge on any atom is 0.240 e. The fourth-order valence-electron chi connectivity index (χ4n) is 5.20. The van der Waals surface area contributed by atoms with Gasteiger partial charge in [0.2, 0.25) is 5.91 Å². The van der Waals surface area contributed by atoms with Crippen LogP contribution < -0.4 is 5.32 Å². The van der Waals surface area contributed by atoms with Crippen molar-refractivity contribution >= 4 is 5.91 Å². The monoisotopic (exact) mass is 278 g/mol. The Morgan fingerprint density at radius 2 is 1.70 bits per heavy atom. The van der Waals surface area contributed by atoms with Crippen molar-refractivity contribution in [3.63, 3.8) is 0 Å². The van der Waals surface area contributed by atoms with Gasteiger partial charge in [-0.3, -0.25) is 4.79 Å². The SMILES string of the molecule is O=C(C1CC2CCCCC2N1)N1C2CCC1CC(O)C2. The van der Waals surface area contributed by atoms with Gasteiger partial charge in [0.25, 0.3) is 0 Å². The summed E-state index contributed by atoms with van der Waals surface area (Å²) in [4.78, 5) is 15.0. The molecule has 4 heteroatoms. The number of hydrogen-bond donors (Lipinski definition) is 2. The van der Waals surface area contributed by atoms with Crippen LogP contribution in [0.1, 0.15) is 57.8 Å². The normalized spacial score (nSPS) is 47.4. The first kappa shape index (κ1) is 13.1. The zero-order chi connectivity index (χ0) is 13.7. The van der Waals surface area contributed by atoms with Crippen molar-refractivity contribution in [3.05, 3.63) is 0 Å². The minimum atomic E-state index is -0.185. The molecule has 5 unspecified atom stereocenters. The van der Waals surface area contributed by atoms with Gasteiger partial charge in [-0.05, 0) is 50.9 Å². The first-order valence-electron chi connectivity index (χ1n) is 8.48. The third-order valence-corrected chi connectivity index (χ3v) is 6.12. The molecule has 112 valence electrons. The van der Waals surface area contributed by atoms with E-state index >= 15 is 0 Å². The molecule has 0 aromatic heterocycles. The Labute approximate surface area is 120 Å². The molecule has 3 aliphatic heterocycles. The van der Waals surface area contributed by atoms with Crippen molar-refractivity contribution in [3.8, 4) is 0 Å². The van der Waals surface area contributed by atoms with Crippen LogP contribution in [0, 0.1) is 5.92 Å². The number of aliphatic hydroxyl groups excluding tert-OH is 1. The third kappa shape index (κ3) is 2.08. The van der Waals surface area contributed by atoms with Crippen LogP contribution in [-0.4, -0.2) is 46.2 Å². The van der Waals surface area contributed by atoms with Crippen LogP contribution in [0.15, 0.2) is 0 Å². The first-order valence-corrected chi connectivity index (χ1v) is 8.48. The Bertz CT molecular complexity index is 372. The van der Waals surface area contributed by atoms with Crippen LogP contribution in [0.3, 0.4) is 0 Å². The van der Waals surface area contributed by atoms with E-state index in [2.05, 4.69) is 10.2 Å². The van der Waals surface area contributed by atoms with Gasteiger partial charge in [-0.1, -0.05) is 12.8 Å². The van der Waals surface area contributed by atoms with E-state index in [0.29, 0.717) is 24.0 Å².